The first-order valence-corrected chi connectivity index (χ1v) is 35.2. The van der Waals surface area contributed by atoms with E-state index in [2.05, 4.69) is 43.5 Å². The van der Waals surface area contributed by atoms with Gasteiger partial charge < -0.3 is 89.9 Å². The lowest BCUT2D eigenvalue weighted by molar-refractivity contribution is -0.379. The van der Waals surface area contributed by atoms with Crippen molar-refractivity contribution in [3.8, 4) is 0 Å². The number of nitrogens with one attached hydrogen (secondary N) is 1. The van der Waals surface area contributed by atoms with Crippen LogP contribution >= 0.6 is 0 Å². The van der Waals surface area contributed by atoms with Gasteiger partial charge in [-0.25, -0.2) is 0 Å². The maximum Gasteiger partial charge on any atom is 0.220 e. The highest BCUT2D eigenvalue weighted by atomic mass is 16.8. The first-order chi connectivity index (χ1) is 42.8. The number of allylic oxidation sites excluding steroid dienone is 5. The average Bonchev–Trinajstić information content (AvgIpc) is 0.958. The summed E-state index contributed by atoms with van der Waals surface area (Å²) >= 11 is 0. The van der Waals surface area contributed by atoms with Crippen molar-refractivity contribution >= 4 is 5.91 Å². The minimum absolute atomic E-state index is 0.238. The van der Waals surface area contributed by atoms with Gasteiger partial charge in [-0.2, -0.15) is 0 Å². The lowest BCUT2D eigenvalue weighted by atomic mass is 9.96. The molecule has 0 radical (unpaired) electrons. The van der Waals surface area contributed by atoms with Gasteiger partial charge in [0, 0.05) is 6.42 Å². The molecule has 17 atom stereocenters. The van der Waals surface area contributed by atoms with Gasteiger partial charge in [-0.3, -0.25) is 4.79 Å². The van der Waals surface area contributed by atoms with Gasteiger partial charge in [0.15, 0.2) is 18.9 Å². The fraction of sp³-hybridized carbons (Fsp3) is 0.899. The number of rotatable bonds is 54. The summed E-state index contributed by atoms with van der Waals surface area (Å²) in [7, 11) is 0. The van der Waals surface area contributed by atoms with Crippen LogP contribution < -0.4 is 5.32 Å². The molecule has 19 nitrogen and oxygen atoms in total. The molecule has 3 fully saturated rings. The molecule has 0 aromatic rings. The first kappa shape index (κ1) is 80.2. The van der Waals surface area contributed by atoms with Gasteiger partial charge in [0.1, 0.15) is 73.2 Å². The second-order valence-electron chi connectivity index (χ2n) is 25.3. The van der Waals surface area contributed by atoms with E-state index >= 15 is 0 Å². The Morgan fingerprint density at radius 1 is 0.398 bits per heavy atom. The van der Waals surface area contributed by atoms with E-state index in [9.17, 15) is 61.0 Å². The van der Waals surface area contributed by atoms with E-state index in [1.54, 1.807) is 6.08 Å². The average molecular weight is 1260 g/mol. The molecule has 3 aliphatic heterocycles. The molecule has 17 unspecified atom stereocenters. The number of amides is 1. The molecule has 3 saturated heterocycles. The van der Waals surface area contributed by atoms with Crippen LogP contribution in [-0.2, 0) is 33.2 Å². The Kier molecular flexibility index (Phi) is 46.9. The highest BCUT2D eigenvalue weighted by molar-refractivity contribution is 5.76. The van der Waals surface area contributed by atoms with Crippen LogP contribution in [0.4, 0.5) is 0 Å². The van der Waals surface area contributed by atoms with Gasteiger partial charge in [0.05, 0.1) is 38.6 Å². The Bertz CT molecular complexity index is 1740. The van der Waals surface area contributed by atoms with Crippen LogP contribution in [0.2, 0.25) is 0 Å². The first-order valence-electron chi connectivity index (χ1n) is 35.2. The van der Waals surface area contributed by atoms with Crippen molar-refractivity contribution in [1.29, 1.82) is 0 Å². The summed E-state index contributed by atoms with van der Waals surface area (Å²) in [4.78, 5) is 13.3. The Morgan fingerprint density at radius 3 is 1.17 bits per heavy atom. The minimum Gasteiger partial charge on any atom is -0.394 e. The van der Waals surface area contributed by atoms with E-state index in [1.165, 1.54) is 186 Å². The molecule has 3 heterocycles. The molecule has 1 amide bonds. The van der Waals surface area contributed by atoms with Crippen LogP contribution in [-0.4, -0.2) is 193 Å². The van der Waals surface area contributed by atoms with Crippen LogP contribution in [0.1, 0.15) is 264 Å². The van der Waals surface area contributed by atoms with Gasteiger partial charge in [-0.15, -0.1) is 0 Å². The van der Waals surface area contributed by atoms with E-state index in [4.69, 9.17) is 28.4 Å². The summed E-state index contributed by atoms with van der Waals surface area (Å²) in [6.45, 7) is 1.63. The van der Waals surface area contributed by atoms with Crippen LogP contribution in [0, 0.1) is 0 Å². The minimum atomic E-state index is -1.98. The second-order valence-corrected chi connectivity index (χ2v) is 25.3. The van der Waals surface area contributed by atoms with Crippen molar-refractivity contribution in [3.05, 3.63) is 36.5 Å². The molecular formula is C69H127NO18. The predicted octanol–water partition coefficient (Wildman–Crippen LogP) is 9.22. The molecule has 3 rings (SSSR count). The summed E-state index contributed by atoms with van der Waals surface area (Å²) in [5.41, 5.74) is 0. The van der Waals surface area contributed by atoms with Crippen molar-refractivity contribution < 1.29 is 89.4 Å². The summed E-state index contributed by atoms with van der Waals surface area (Å²) in [5.74, 6) is -0.286. The predicted molar refractivity (Wildman–Crippen MR) is 342 cm³/mol. The monoisotopic (exact) mass is 1260 g/mol. The number of aliphatic hydroxyl groups excluding tert-OH is 11. The zero-order valence-corrected chi connectivity index (χ0v) is 54.5. The molecule has 0 saturated carbocycles. The zero-order valence-electron chi connectivity index (χ0n) is 54.5. The van der Waals surface area contributed by atoms with Crippen LogP contribution in [0.15, 0.2) is 36.5 Å². The van der Waals surface area contributed by atoms with Crippen molar-refractivity contribution in [3.63, 3.8) is 0 Å². The van der Waals surface area contributed by atoms with Crippen molar-refractivity contribution in [2.24, 2.45) is 0 Å². The number of ether oxygens (including phenoxy) is 6. The molecule has 88 heavy (non-hydrogen) atoms. The molecule has 0 spiro atoms. The fourth-order valence-corrected chi connectivity index (χ4v) is 11.9. The number of hydrogen-bond donors (Lipinski definition) is 12. The molecule has 12 N–H and O–H groups in total. The molecule has 0 aliphatic carbocycles. The summed E-state index contributed by atoms with van der Waals surface area (Å²) < 4.78 is 34.2. The molecular weight excluding hydrogens is 1130 g/mol. The third kappa shape index (κ3) is 33.2. The van der Waals surface area contributed by atoms with Crippen molar-refractivity contribution in [2.75, 3.05) is 26.4 Å². The largest absolute Gasteiger partial charge is 0.394 e. The van der Waals surface area contributed by atoms with Gasteiger partial charge in [-0.05, 0) is 51.4 Å². The van der Waals surface area contributed by atoms with E-state index in [0.29, 0.717) is 12.8 Å². The third-order valence-corrected chi connectivity index (χ3v) is 17.7. The van der Waals surface area contributed by atoms with E-state index < -0.39 is 124 Å². The van der Waals surface area contributed by atoms with Gasteiger partial charge in [-0.1, -0.05) is 243 Å². The molecule has 516 valence electrons. The Balaban J connectivity index is 1.28. The van der Waals surface area contributed by atoms with Crippen LogP contribution in [0.3, 0.4) is 0 Å². The standard InChI is InChI=1S/C69H127NO18/c1-3-5-7-9-11-13-14-15-16-17-18-19-20-21-22-23-24-25-26-27-28-29-30-31-32-33-34-35-36-37-38-39-41-43-45-47-57(75)70-52(53(74)46-44-42-40-12-10-8-6-4-2)51-83-67-63(81)60(78)65(55(49-72)85-67)88-69-64(82)61(79)66(56(50-73)86-69)87-68-62(80)59(77)58(76)54(48-71)84-68/h10,12,17-18,44,46,52-56,58-69,71-74,76-82H,3-9,11,13-16,19-43,45,47-51H2,1-2H3,(H,70,75)/b12-10+,18-17-,46-44+. The second kappa shape index (κ2) is 51.4. The normalized spacial score (nSPS) is 28.6. The van der Waals surface area contributed by atoms with Gasteiger partial charge in [0.25, 0.3) is 0 Å². The summed E-state index contributed by atoms with van der Waals surface area (Å²) in [6.07, 6.45) is 33.5. The Labute approximate surface area is 530 Å². The quantitative estimate of drug-likeness (QED) is 0.0199. The van der Waals surface area contributed by atoms with E-state index in [1.807, 2.05) is 6.08 Å². The van der Waals surface area contributed by atoms with Crippen LogP contribution in [0.25, 0.3) is 0 Å². The highest BCUT2D eigenvalue weighted by Crippen LogP contribution is 2.33. The topological polar surface area (TPSA) is 307 Å². The van der Waals surface area contributed by atoms with Crippen molar-refractivity contribution in [2.45, 2.75) is 369 Å². The maximum atomic E-state index is 13.3. The van der Waals surface area contributed by atoms with E-state index in [-0.39, 0.29) is 18.9 Å². The number of unbranched alkanes of at least 4 members (excludes halogenated alkanes) is 34. The SMILES string of the molecule is CCCC/C=C/CC/C=C/C(O)C(COC1OC(CO)C(OC2OC(CO)C(OC3OC(CO)C(O)C(O)C3O)C(O)C2O)C(O)C1O)NC(=O)CCCCCCCCCCCCCCCCCCCCCCCCC/C=C\CCCCCCCCCC. The molecule has 0 aromatic heterocycles. The lowest BCUT2D eigenvalue weighted by Gasteiger charge is -2.48. The smallest absolute Gasteiger partial charge is 0.220 e. The van der Waals surface area contributed by atoms with Gasteiger partial charge >= 0.3 is 0 Å². The maximum absolute atomic E-state index is 13.3. The molecule has 0 aromatic carbocycles. The Hall–Kier alpha value is -1.99. The number of carbonyl (C=O) groups is 1. The molecule has 19 heteroatoms. The number of hydrogen-bond acceptors (Lipinski definition) is 18. The zero-order chi connectivity index (χ0) is 64.0. The highest BCUT2D eigenvalue weighted by Gasteiger charge is 2.53. The lowest BCUT2D eigenvalue weighted by Crippen LogP contribution is -2.66. The number of carbonyl (C=O) groups excluding carboxylic acids is 1. The van der Waals surface area contributed by atoms with Gasteiger partial charge in [0.2, 0.25) is 5.91 Å². The summed E-state index contributed by atoms with van der Waals surface area (Å²) in [5, 5.41) is 120. The van der Waals surface area contributed by atoms with Crippen LogP contribution in [0.5, 0.6) is 0 Å². The molecule has 3 aliphatic rings. The number of aliphatic hydroxyl groups is 11. The fourth-order valence-electron chi connectivity index (χ4n) is 11.9. The van der Waals surface area contributed by atoms with Crippen molar-refractivity contribution in [1.82, 2.24) is 5.32 Å². The van der Waals surface area contributed by atoms with E-state index in [0.717, 1.165) is 44.9 Å². The third-order valence-electron chi connectivity index (χ3n) is 17.7. The Morgan fingerprint density at radius 2 is 0.739 bits per heavy atom. The summed E-state index contributed by atoms with van der Waals surface area (Å²) in [6, 6.07) is -0.985. The molecule has 0 bridgehead atoms.